The number of nitrogens with zero attached hydrogens (tertiary/aromatic N) is 2. The van der Waals surface area contributed by atoms with Crippen molar-refractivity contribution in [1.29, 1.82) is 0 Å². The molecule has 1 N–H and O–H groups in total. The predicted molar refractivity (Wildman–Crippen MR) is 116 cm³/mol. The second-order valence-corrected chi connectivity index (χ2v) is 7.48. The number of aromatic nitrogens is 1. The molecular weight excluding hydrogens is 362 g/mol. The zero-order valence-electron chi connectivity index (χ0n) is 16.6. The van der Waals surface area contributed by atoms with E-state index in [0.717, 1.165) is 30.1 Å². The molecule has 150 valence electrons. The minimum atomic E-state index is -0.0352. The van der Waals surface area contributed by atoms with Crippen molar-refractivity contribution in [2.24, 2.45) is 0 Å². The van der Waals surface area contributed by atoms with Gasteiger partial charge in [-0.25, -0.2) is 4.98 Å². The van der Waals surface area contributed by atoms with Crippen LogP contribution in [-0.4, -0.2) is 24.0 Å². The van der Waals surface area contributed by atoms with E-state index in [1.54, 1.807) is 6.20 Å². The molecule has 1 fully saturated rings. The van der Waals surface area contributed by atoms with Gasteiger partial charge in [-0.1, -0.05) is 43.2 Å². The molecule has 1 aliphatic rings. The van der Waals surface area contributed by atoms with Crippen LogP contribution < -0.4 is 10.2 Å². The van der Waals surface area contributed by atoms with Crippen LogP contribution in [0.25, 0.3) is 11.3 Å². The molecule has 2 heterocycles. The molecule has 0 saturated carbocycles. The van der Waals surface area contributed by atoms with E-state index in [2.05, 4.69) is 27.3 Å². The summed E-state index contributed by atoms with van der Waals surface area (Å²) in [5.41, 5.74) is 3.05. The van der Waals surface area contributed by atoms with E-state index in [4.69, 9.17) is 4.42 Å². The van der Waals surface area contributed by atoms with Crippen LogP contribution in [0, 0.1) is 0 Å². The van der Waals surface area contributed by atoms with Gasteiger partial charge in [-0.2, -0.15) is 0 Å². The molecule has 5 nitrogen and oxygen atoms in total. The van der Waals surface area contributed by atoms with Crippen LogP contribution in [0.5, 0.6) is 0 Å². The quantitative estimate of drug-likeness (QED) is 0.622. The van der Waals surface area contributed by atoms with E-state index in [0.29, 0.717) is 18.7 Å². The topological polar surface area (TPSA) is 58.4 Å². The summed E-state index contributed by atoms with van der Waals surface area (Å²) in [6.07, 6.45) is 7.68. The molecule has 3 aromatic rings. The molecule has 1 aliphatic heterocycles. The molecule has 0 radical (unpaired) electrons. The van der Waals surface area contributed by atoms with Crippen LogP contribution in [0.1, 0.15) is 38.0 Å². The summed E-state index contributed by atoms with van der Waals surface area (Å²) >= 11 is 0. The number of oxazole rings is 1. The lowest BCUT2D eigenvalue weighted by Crippen LogP contribution is -2.23. The van der Waals surface area contributed by atoms with Crippen molar-refractivity contribution in [3.8, 4) is 11.3 Å². The minimum absolute atomic E-state index is 0.0352. The summed E-state index contributed by atoms with van der Waals surface area (Å²) in [6.45, 7) is 2.24. The third-order valence-electron chi connectivity index (χ3n) is 5.30. The van der Waals surface area contributed by atoms with E-state index in [1.807, 2.05) is 42.5 Å². The minimum Gasteiger partial charge on any atom is -0.441 e. The Hall–Kier alpha value is -3.08. The van der Waals surface area contributed by atoms with Crippen molar-refractivity contribution < 1.29 is 9.21 Å². The fraction of sp³-hybridized carbons (Fsp3) is 0.333. The molecule has 0 aliphatic carbocycles. The Balaban J connectivity index is 1.28. The number of amides is 1. The number of benzene rings is 2. The summed E-state index contributed by atoms with van der Waals surface area (Å²) in [6, 6.07) is 18.0. The highest BCUT2D eigenvalue weighted by Gasteiger charge is 2.11. The van der Waals surface area contributed by atoms with E-state index in [-0.39, 0.29) is 5.91 Å². The average molecular weight is 389 g/mol. The van der Waals surface area contributed by atoms with Crippen LogP contribution in [0.2, 0.25) is 0 Å². The number of hydrogen-bond donors (Lipinski definition) is 1. The second kappa shape index (κ2) is 9.41. The smallest absolute Gasteiger partial charge is 0.224 e. The summed E-state index contributed by atoms with van der Waals surface area (Å²) < 4.78 is 5.77. The number of anilines is 2. The third kappa shape index (κ3) is 5.25. The first-order chi connectivity index (χ1) is 14.3. The van der Waals surface area contributed by atoms with Crippen LogP contribution in [0.4, 0.5) is 11.4 Å². The first-order valence-electron chi connectivity index (χ1n) is 10.4. The van der Waals surface area contributed by atoms with Gasteiger partial charge >= 0.3 is 0 Å². The zero-order valence-corrected chi connectivity index (χ0v) is 16.6. The molecule has 1 saturated heterocycles. The molecular formula is C24H27N3O2. The number of rotatable bonds is 6. The fourth-order valence-corrected chi connectivity index (χ4v) is 3.69. The predicted octanol–water partition coefficient (Wildman–Crippen LogP) is 5.29. The second-order valence-electron chi connectivity index (χ2n) is 7.48. The molecule has 0 unspecified atom stereocenters. The lowest BCUT2D eigenvalue weighted by atomic mass is 10.2. The van der Waals surface area contributed by atoms with Gasteiger partial charge in [0.05, 0.1) is 6.20 Å². The Morgan fingerprint density at radius 1 is 0.966 bits per heavy atom. The highest BCUT2D eigenvalue weighted by atomic mass is 16.4. The van der Waals surface area contributed by atoms with Crippen molar-refractivity contribution in [1.82, 2.24) is 4.98 Å². The summed E-state index contributed by atoms with van der Waals surface area (Å²) in [5.74, 6) is 1.27. The fourth-order valence-electron chi connectivity index (χ4n) is 3.69. The van der Waals surface area contributed by atoms with Crippen molar-refractivity contribution in [3.63, 3.8) is 0 Å². The molecule has 0 bridgehead atoms. The largest absolute Gasteiger partial charge is 0.441 e. The molecule has 29 heavy (non-hydrogen) atoms. The zero-order chi connectivity index (χ0) is 19.9. The van der Waals surface area contributed by atoms with Crippen LogP contribution in [-0.2, 0) is 11.2 Å². The van der Waals surface area contributed by atoms with Crippen molar-refractivity contribution in [2.45, 2.75) is 38.5 Å². The van der Waals surface area contributed by atoms with Gasteiger partial charge in [-0.15, -0.1) is 0 Å². The maximum absolute atomic E-state index is 12.3. The van der Waals surface area contributed by atoms with Crippen molar-refractivity contribution >= 4 is 17.3 Å². The number of carbonyl (C=O) groups excluding carboxylic acids is 1. The van der Waals surface area contributed by atoms with Gasteiger partial charge in [0.1, 0.15) is 0 Å². The Bertz CT molecular complexity index is 911. The molecule has 4 rings (SSSR count). The van der Waals surface area contributed by atoms with E-state index in [1.165, 1.54) is 31.4 Å². The van der Waals surface area contributed by atoms with Crippen molar-refractivity contribution in [3.05, 3.63) is 66.7 Å². The van der Waals surface area contributed by atoms with Crippen LogP contribution >= 0.6 is 0 Å². The number of hydrogen-bond acceptors (Lipinski definition) is 4. The van der Waals surface area contributed by atoms with Gasteiger partial charge in [0.15, 0.2) is 11.7 Å². The monoisotopic (exact) mass is 389 g/mol. The molecule has 5 heteroatoms. The number of aryl methyl sites for hydroxylation is 1. The van der Waals surface area contributed by atoms with Crippen molar-refractivity contribution in [2.75, 3.05) is 23.3 Å². The maximum Gasteiger partial charge on any atom is 0.224 e. The highest BCUT2D eigenvalue weighted by molar-refractivity contribution is 5.91. The van der Waals surface area contributed by atoms with Gasteiger partial charge in [-0.05, 0) is 37.1 Å². The molecule has 1 amide bonds. The Kier molecular flexibility index (Phi) is 6.25. The summed E-state index contributed by atoms with van der Waals surface area (Å²) in [4.78, 5) is 19.0. The lowest BCUT2D eigenvalue weighted by Gasteiger charge is -2.22. The summed E-state index contributed by atoms with van der Waals surface area (Å²) in [5, 5.41) is 2.97. The molecule has 1 aromatic heterocycles. The Morgan fingerprint density at radius 3 is 2.41 bits per heavy atom. The van der Waals surface area contributed by atoms with Crippen LogP contribution in [0.3, 0.4) is 0 Å². The third-order valence-corrected chi connectivity index (χ3v) is 5.30. The Morgan fingerprint density at radius 2 is 1.69 bits per heavy atom. The van der Waals surface area contributed by atoms with E-state index >= 15 is 0 Å². The van der Waals surface area contributed by atoms with E-state index in [9.17, 15) is 4.79 Å². The van der Waals surface area contributed by atoms with Gasteiger partial charge in [0, 0.05) is 42.9 Å². The van der Waals surface area contributed by atoms with Gasteiger partial charge in [0.2, 0.25) is 5.91 Å². The molecule has 2 aromatic carbocycles. The first kappa shape index (κ1) is 19.2. The highest BCUT2D eigenvalue weighted by Crippen LogP contribution is 2.22. The van der Waals surface area contributed by atoms with Gasteiger partial charge in [-0.3, -0.25) is 4.79 Å². The summed E-state index contributed by atoms with van der Waals surface area (Å²) in [7, 11) is 0. The average Bonchev–Trinajstić information content (AvgIpc) is 3.07. The normalized spacial score (nSPS) is 14.4. The standard InChI is InChI=1S/C24H27N3O2/c28-23(14-15-24-25-18-22(29-24)19-8-4-3-5-9-19)26-20-10-12-21(13-11-20)27-16-6-1-2-7-17-27/h3-5,8-13,18H,1-2,6-7,14-17H2,(H,26,28). The van der Waals surface area contributed by atoms with Gasteiger partial charge < -0.3 is 14.6 Å². The SMILES string of the molecule is O=C(CCc1ncc(-c2ccccc2)o1)Nc1ccc(N2CCCCCC2)cc1. The van der Waals surface area contributed by atoms with Gasteiger partial charge in [0.25, 0.3) is 0 Å². The van der Waals surface area contributed by atoms with Crippen LogP contribution in [0.15, 0.2) is 65.2 Å². The number of nitrogens with one attached hydrogen (secondary N) is 1. The first-order valence-corrected chi connectivity index (χ1v) is 10.4. The lowest BCUT2D eigenvalue weighted by molar-refractivity contribution is -0.116. The Labute approximate surface area is 171 Å². The molecule has 0 spiro atoms. The maximum atomic E-state index is 12.3. The molecule has 0 atom stereocenters. The van der Waals surface area contributed by atoms with E-state index < -0.39 is 0 Å². The number of carbonyl (C=O) groups is 1.